The average Bonchev–Trinajstić information content (AvgIpc) is 3.20. The van der Waals surface area contributed by atoms with E-state index in [0.717, 1.165) is 5.56 Å². The molecule has 0 aliphatic heterocycles. The van der Waals surface area contributed by atoms with Crippen molar-refractivity contribution in [1.82, 2.24) is 19.6 Å². The van der Waals surface area contributed by atoms with E-state index in [4.69, 9.17) is 11.6 Å². The maximum absolute atomic E-state index is 12.7. The molecule has 146 valence electrons. The summed E-state index contributed by atoms with van der Waals surface area (Å²) in [7, 11) is 0. The van der Waals surface area contributed by atoms with Gasteiger partial charge < -0.3 is 15.4 Å². The fraction of sp³-hybridized carbons (Fsp3) is 0.278. The molecule has 3 rings (SSSR count). The lowest BCUT2D eigenvalue weighted by molar-refractivity contribution is -0.389. The maximum atomic E-state index is 12.7. The molecule has 28 heavy (non-hydrogen) atoms. The van der Waals surface area contributed by atoms with E-state index < -0.39 is 16.9 Å². The minimum absolute atomic E-state index is 0.236. The number of nitrogens with zero attached hydrogens (tertiary/aromatic N) is 5. The van der Waals surface area contributed by atoms with Gasteiger partial charge in [-0.2, -0.15) is 9.78 Å². The molecule has 9 nitrogen and oxygen atoms in total. The Morgan fingerprint density at radius 3 is 2.64 bits per heavy atom. The van der Waals surface area contributed by atoms with Crippen LogP contribution in [0.25, 0.3) is 0 Å². The number of benzene rings is 1. The number of rotatable bonds is 7. The fourth-order valence-electron chi connectivity index (χ4n) is 2.88. The summed E-state index contributed by atoms with van der Waals surface area (Å²) in [4.78, 5) is 23.1. The highest BCUT2D eigenvalue weighted by atomic mass is 35.5. The molecular weight excluding hydrogens is 384 g/mol. The zero-order chi connectivity index (χ0) is 20.3. The summed E-state index contributed by atoms with van der Waals surface area (Å²) < 4.78 is 2.99. The second-order valence-corrected chi connectivity index (χ2v) is 6.67. The first-order chi connectivity index (χ1) is 13.4. The molecule has 0 saturated carbocycles. The Labute approximate surface area is 166 Å². The van der Waals surface area contributed by atoms with Crippen molar-refractivity contribution in [1.29, 1.82) is 0 Å². The van der Waals surface area contributed by atoms with E-state index in [1.54, 1.807) is 24.7 Å². The van der Waals surface area contributed by atoms with Crippen molar-refractivity contribution in [3.05, 3.63) is 69.0 Å². The third-order valence-electron chi connectivity index (χ3n) is 4.23. The third kappa shape index (κ3) is 4.20. The summed E-state index contributed by atoms with van der Waals surface area (Å²) in [6.45, 7) is 3.97. The van der Waals surface area contributed by atoms with Crippen LogP contribution < -0.4 is 5.32 Å². The first-order valence-corrected chi connectivity index (χ1v) is 9.05. The summed E-state index contributed by atoms with van der Waals surface area (Å²) in [6, 6.07) is 10.3. The second kappa shape index (κ2) is 8.22. The number of carbonyl (C=O) groups is 1. The number of halogens is 1. The molecule has 2 aromatic heterocycles. The molecule has 0 aliphatic carbocycles. The van der Waals surface area contributed by atoms with Crippen molar-refractivity contribution in [2.45, 2.75) is 32.9 Å². The van der Waals surface area contributed by atoms with Gasteiger partial charge in [-0.15, -0.1) is 0 Å². The number of amides is 1. The van der Waals surface area contributed by atoms with Gasteiger partial charge >= 0.3 is 5.82 Å². The number of hydrogen-bond acceptors (Lipinski definition) is 5. The van der Waals surface area contributed by atoms with Gasteiger partial charge in [-0.05, 0) is 23.8 Å². The monoisotopic (exact) mass is 402 g/mol. The normalized spacial score (nSPS) is 12.0. The van der Waals surface area contributed by atoms with E-state index in [0.29, 0.717) is 23.7 Å². The molecule has 0 saturated heterocycles. The molecule has 2 heterocycles. The molecule has 0 spiro atoms. The van der Waals surface area contributed by atoms with Crippen LogP contribution >= 0.6 is 11.6 Å². The van der Waals surface area contributed by atoms with Crippen LogP contribution in [0.4, 0.5) is 11.6 Å². The number of nitrogens with one attached hydrogen (secondary N) is 1. The van der Waals surface area contributed by atoms with Crippen molar-refractivity contribution in [3.8, 4) is 0 Å². The molecule has 0 bridgehead atoms. The van der Waals surface area contributed by atoms with Crippen LogP contribution in [0.1, 0.15) is 30.6 Å². The summed E-state index contributed by atoms with van der Waals surface area (Å²) in [5.74, 6) is -0.454. The minimum Gasteiger partial charge on any atom is -0.358 e. The van der Waals surface area contributed by atoms with Crippen molar-refractivity contribution in [3.63, 3.8) is 0 Å². The Morgan fingerprint density at radius 1 is 1.32 bits per heavy atom. The van der Waals surface area contributed by atoms with Gasteiger partial charge in [0.05, 0.1) is 23.4 Å². The van der Waals surface area contributed by atoms with E-state index in [1.165, 1.54) is 10.7 Å². The smallest absolute Gasteiger partial charge is 0.358 e. The Morgan fingerprint density at radius 2 is 2.04 bits per heavy atom. The Hall–Kier alpha value is -3.20. The van der Waals surface area contributed by atoms with Gasteiger partial charge in [-0.3, -0.25) is 9.48 Å². The number of carbonyl (C=O) groups excluding carboxylic acids is 1. The van der Waals surface area contributed by atoms with Gasteiger partial charge in [0.2, 0.25) is 0 Å². The highest BCUT2D eigenvalue weighted by molar-refractivity contribution is 6.33. The van der Waals surface area contributed by atoms with Crippen LogP contribution in [-0.2, 0) is 11.3 Å². The summed E-state index contributed by atoms with van der Waals surface area (Å²) in [6.07, 6.45) is 2.03. The zero-order valence-corrected chi connectivity index (χ0v) is 16.1. The number of nitro groups is 1. The molecule has 1 aromatic carbocycles. The van der Waals surface area contributed by atoms with Gasteiger partial charge in [0.15, 0.2) is 11.9 Å². The number of aryl methyl sites for hydroxylation is 1. The molecule has 1 N–H and O–H groups in total. The molecule has 3 aromatic rings. The van der Waals surface area contributed by atoms with E-state index in [1.807, 2.05) is 30.3 Å². The Bertz CT molecular complexity index is 998. The minimum atomic E-state index is -0.718. The van der Waals surface area contributed by atoms with Gasteiger partial charge in [0.25, 0.3) is 5.91 Å². The fourth-order valence-corrected chi connectivity index (χ4v) is 3.08. The van der Waals surface area contributed by atoms with Gasteiger partial charge in [-0.1, -0.05) is 48.9 Å². The van der Waals surface area contributed by atoms with E-state index in [2.05, 4.69) is 15.5 Å². The first kappa shape index (κ1) is 19.6. The average molecular weight is 403 g/mol. The van der Waals surface area contributed by atoms with Gasteiger partial charge in [0.1, 0.15) is 5.02 Å². The lowest BCUT2D eigenvalue weighted by atomic mass is 10.2. The highest BCUT2D eigenvalue weighted by Crippen LogP contribution is 2.24. The maximum Gasteiger partial charge on any atom is 0.390 e. The van der Waals surface area contributed by atoms with Gasteiger partial charge in [0, 0.05) is 6.20 Å². The lowest BCUT2D eigenvalue weighted by Gasteiger charge is -2.13. The molecule has 1 amide bonds. The largest absolute Gasteiger partial charge is 0.390 e. The number of aromatic nitrogens is 4. The van der Waals surface area contributed by atoms with Crippen molar-refractivity contribution < 1.29 is 9.72 Å². The molecule has 0 aliphatic rings. The van der Waals surface area contributed by atoms with Crippen LogP contribution in [0, 0.1) is 17.0 Å². The summed E-state index contributed by atoms with van der Waals surface area (Å²) in [5.41, 5.74) is 1.57. The van der Waals surface area contributed by atoms with Crippen molar-refractivity contribution in [2.75, 3.05) is 5.32 Å². The summed E-state index contributed by atoms with van der Waals surface area (Å²) in [5, 5.41) is 22.2. The van der Waals surface area contributed by atoms with Crippen LogP contribution in [0.3, 0.4) is 0 Å². The van der Waals surface area contributed by atoms with E-state index in [-0.39, 0.29) is 11.6 Å². The predicted octanol–water partition coefficient (Wildman–Crippen LogP) is 3.59. The Kier molecular flexibility index (Phi) is 5.74. The van der Waals surface area contributed by atoms with Crippen LogP contribution in [0.15, 0.2) is 42.6 Å². The quantitative estimate of drug-likeness (QED) is 0.480. The van der Waals surface area contributed by atoms with Crippen LogP contribution in [0.5, 0.6) is 0 Å². The number of anilines is 1. The van der Waals surface area contributed by atoms with Crippen LogP contribution in [0.2, 0.25) is 5.02 Å². The van der Waals surface area contributed by atoms with E-state index >= 15 is 0 Å². The third-order valence-corrected chi connectivity index (χ3v) is 4.50. The topological polar surface area (TPSA) is 108 Å². The SMILES string of the molecule is CCC(C(=O)Nc1nn(Cc2ccccc2)cc1Cl)n1nc([N+](=O)[O-])cc1C. The van der Waals surface area contributed by atoms with Gasteiger partial charge in [-0.25, -0.2) is 0 Å². The predicted molar refractivity (Wildman–Crippen MR) is 104 cm³/mol. The molecule has 0 fully saturated rings. The first-order valence-electron chi connectivity index (χ1n) is 8.67. The molecular formula is C18H19ClN6O3. The second-order valence-electron chi connectivity index (χ2n) is 6.27. The lowest BCUT2D eigenvalue weighted by Crippen LogP contribution is -2.27. The molecule has 1 atom stereocenters. The standard InChI is InChI=1S/C18H19ClN6O3/c1-3-15(24-12(2)9-16(21-24)25(27)28)18(26)20-17-14(19)11-23(22-17)10-13-7-5-4-6-8-13/h4-9,11,15H,3,10H2,1-2H3,(H,20,22,26). The molecule has 0 radical (unpaired) electrons. The van der Waals surface area contributed by atoms with E-state index in [9.17, 15) is 14.9 Å². The van der Waals surface area contributed by atoms with Crippen molar-refractivity contribution in [2.24, 2.45) is 0 Å². The summed E-state index contributed by atoms with van der Waals surface area (Å²) >= 11 is 6.22. The van der Waals surface area contributed by atoms with Crippen LogP contribution in [-0.4, -0.2) is 30.4 Å². The molecule has 1 unspecified atom stereocenters. The van der Waals surface area contributed by atoms with Crippen molar-refractivity contribution >= 4 is 29.1 Å². The zero-order valence-electron chi connectivity index (χ0n) is 15.4. The Balaban J connectivity index is 1.77. The number of hydrogen-bond donors (Lipinski definition) is 1. The molecule has 10 heteroatoms. The highest BCUT2D eigenvalue weighted by Gasteiger charge is 2.28.